The average molecular weight is 413 g/mol. The Bertz CT molecular complexity index is 1240. The van der Waals surface area contributed by atoms with Gasteiger partial charge in [0.25, 0.3) is 5.56 Å². The van der Waals surface area contributed by atoms with Crippen molar-refractivity contribution in [2.24, 2.45) is 0 Å². The van der Waals surface area contributed by atoms with Gasteiger partial charge in [0, 0.05) is 12.2 Å². The zero-order valence-corrected chi connectivity index (χ0v) is 16.7. The Kier molecular flexibility index (Phi) is 5.06. The van der Waals surface area contributed by atoms with E-state index in [0.717, 1.165) is 12.1 Å². The Hall–Kier alpha value is -2.84. The number of rotatable bonds is 5. The zero-order chi connectivity index (χ0) is 19.7. The Morgan fingerprint density at radius 3 is 2.43 bits per heavy atom. The number of benzene rings is 2. The number of fused-ring (bicyclic) bond motifs is 1. The molecule has 0 saturated heterocycles. The van der Waals surface area contributed by atoms with Crippen molar-refractivity contribution >= 4 is 39.9 Å². The summed E-state index contributed by atoms with van der Waals surface area (Å²) >= 11 is 6.75. The summed E-state index contributed by atoms with van der Waals surface area (Å²) < 4.78 is 17.7. The van der Waals surface area contributed by atoms with Crippen LogP contribution in [0.25, 0.3) is 21.7 Å². The maximum atomic E-state index is 13.4. The molecule has 0 saturated carbocycles. The molecule has 2 heterocycles. The van der Waals surface area contributed by atoms with Crippen LogP contribution >= 0.6 is 23.6 Å². The number of hydrogen-bond donors (Lipinski definition) is 1. The third-order valence-corrected chi connectivity index (χ3v) is 5.59. The predicted molar refractivity (Wildman–Crippen MR) is 114 cm³/mol. The molecule has 5 nitrogen and oxygen atoms in total. The number of para-hydroxylation sites is 1. The van der Waals surface area contributed by atoms with Gasteiger partial charge >= 0.3 is 0 Å². The number of aromatic nitrogens is 3. The molecule has 142 valence electrons. The second kappa shape index (κ2) is 7.65. The highest BCUT2D eigenvalue weighted by molar-refractivity contribution is 7.73. The number of nitrogens with zero attached hydrogens (tertiary/aromatic N) is 3. The molecule has 2 aromatic heterocycles. The van der Waals surface area contributed by atoms with Crippen molar-refractivity contribution in [1.29, 1.82) is 0 Å². The molecule has 0 aliphatic heterocycles. The van der Waals surface area contributed by atoms with Gasteiger partial charge < -0.3 is 5.32 Å². The van der Waals surface area contributed by atoms with Gasteiger partial charge in [-0.25, -0.2) is 8.96 Å². The van der Waals surface area contributed by atoms with Crippen LogP contribution in [0.3, 0.4) is 0 Å². The Balaban J connectivity index is 2.03. The minimum atomic E-state index is -0.361. The fraction of sp³-hybridized carbons (Fsp3) is 0.150. The smallest absolute Gasteiger partial charge is 0.279 e. The standard InChI is InChI=1S/C20H17FN4OS2/c1-2-12-22-19-23-17-16(18(26)25(19)15-10-8-13(21)9-11-15)28-20(27)24(17)14-6-4-3-5-7-14/h3-11H,2,12H2,1H3,(H,22,23). The minimum absolute atomic E-state index is 0.235. The molecule has 0 spiro atoms. The summed E-state index contributed by atoms with van der Waals surface area (Å²) in [6, 6.07) is 15.4. The molecule has 0 amide bonds. The van der Waals surface area contributed by atoms with Crippen molar-refractivity contribution in [2.45, 2.75) is 13.3 Å². The maximum absolute atomic E-state index is 13.4. The quantitative estimate of drug-likeness (QED) is 0.472. The lowest BCUT2D eigenvalue weighted by atomic mass is 10.3. The summed E-state index contributed by atoms with van der Waals surface area (Å²) in [5.74, 6) is 0.0447. The molecule has 4 rings (SSSR count). The molecule has 4 aromatic rings. The summed E-state index contributed by atoms with van der Waals surface area (Å²) in [4.78, 5) is 18.1. The van der Waals surface area contributed by atoms with Crippen molar-refractivity contribution in [2.75, 3.05) is 11.9 Å². The van der Waals surface area contributed by atoms with Crippen LogP contribution < -0.4 is 10.9 Å². The largest absolute Gasteiger partial charge is 0.355 e. The van der Waals surface area contributed by atoms with E-state index < -0.39 is 0 Å². The van der Waals surface area contributed by atoms with Crippen LogP contribution in [0.15, 0.2) is 59.4 Å². The first-order chi connectivity index (χ1) is 13.6. The molecule has 28 heavy (non-hydrogen) atoms. The van der Waals surface area contributed by atoms with Gasteiger partial charge in [-0.3, -0.25) is 9.36 Å². The Labute approximate surface area is 169 Å². The van der Waals surface area contributed by atoms with E-state index in [1.807, 2.05) is 41.8 Å². The van der Waals surface area contributed by atoms with E-state index in [0.29, 0.717) is 32.5 Å². The van der Waals surface area contributed by atoms with Crippen molar-refractivity contribution in [3.05, 3.63) is 74.7 Å². The van der Waals surface area contributed by atoms with E-state index in [9.17, 15) is 9.18 Å². The first kappa shape index (κ1) is 18.5. The van der Waals surface area contributed by atoms with E-state index in [1.54, 1.807) is 12.1 Å². The highest BCUT2D eigenvalue weighted by Gasteiger charge is 2.18. The summed E-state index contributed by atoms with van der Waals surface area (Å²) in [7, 11) is 0. The topological polar surface area (TPSA) is 51.9 Å². The fourth-order valence-corrected chi connectivity index (χ4v) is 4.25. The SMILES string of the molecule is CCCNc1nc2c(sc(=S)n2-c2ccccc2)c(=O)n1-c1ccc(F)cc1. The van der Waals surface area contributed by atoms with Gasteiger partial charge in [-0.15, -0.1) is 0 Å². The van der Waals surface area contributed by atoms with Crippen LogP contribution in [0.1, 0.15) is 13.3 Å². The predicted octanol–water partition coefficient (Wildman–Crippen LogP) is 4.93. The lowest BCUT2D eigenvalue weighted by molar-refractivity contribution is 0.627. The fourth-order valence-electron chi connectivity index (χ4n) is 2.94. The van der Waals surface area contributed by atoms with Crippen LogP contribution in [0.2, 0.25) is 0 Å². The molecule has 0 aliphatic carbocycles. The number of anilines is 1. The minimum Gasteiger partial charge on any atom is -0.355 e. The summed E-state index contributed by atoms with van der Waals surface area (Å²) in [5.41, 5.74) is 1.68. The number of hydrogen-bond acceptors (Lipinski definition) is 5. The van der Waals surface area contributed by atoms with Gasteiger partial charge in [0.05, 0.1) is 5.69 Å². The molecule has 1 N–H and O–H groups in total. The van der Waals surface area contributed by atoms with Gasteiger partial charge in [0.1, 0.15) is 10.5 Å². The Morgan fingerprint density at radius 2 is 1.75 bits per heavy atom. The van der Waals surface area contributed by atoms with E-state index in [2.05, 4.69) is 5.32 Å². The first-order valence-electron chi connectivity index (χ1n) is 8.84. The van der Waals surface area contributed by atoms with Gasteiger partial charge in [-0.2, -0.15) is 4.98 Å². The van der Waals surface area contributed by atoms with Gasteiger partial charge in [0.2, 0.25) is 5.95 Å². The van der Waals surface area contributed by atoms with Crippen molar-refractivity contribution < 1.29 is 4.39 Å². The summed E-state index contributed by atoms with van der Waals surface area (Å²) in [5, 5.41) is 3.21. The molecule has 0 fully saturated rings. The van der Waals surface area contributed by atoms with Gasteiger partial charge in [-0.05, 0) is 55.0 Å². The van der Waals surface area contributed by atoms with E-state index in [-0.39, 0.29) is 11.4 Å². The van der Waals surface area contributed by atoms with E-state index in [1.165, 1.54) is 28.0 Å². The highest BCUT2D eigenvalue weighted by atomic mass is 32.1. The second-order valence-corrected chi connectivity index (χ2v) is 7.82. The lowest BCUT2D eigenvalue weighted by Crippen LogP contribution is -2.24. The van der Waals surface area contributed by atoms with Crippen LogP contribution in [-0.2, 0) is 0 Å². The summed E-state index contributed by atoms with van der Waals surface area (Å²) in [6.45, 7) is 2.68. The van der Waals surface area contributed by atoms with Crippen molar-refractivity contribution in [3.63, 3.8) is 0 Å². The van der Waals surface area contributed by atoms with E-state index >= 15 is 0 Å². The second-order valence-electron chi connectivity index (χ2n) is 6.17. The van der Waals surface area contributed by atoms with Crippen LogP contribution in [0.4, 0.5) is 10.3 Å². The molecule has 0 aliphatic rings. The number of thiazole rings is 1. The monoisotopic (exact) mass is 412 g/mol. The molecular weight excluding hydrogens is 395 g/mol. The van der Waals surface area contributed by atoms with E-state index in [4.69, 9.17) is 17.2 Å². The molecule has 0 radical (unpaired) electrons. The molecular formula is C20H17FN4OS2. The highest BCUT2D eigenvalue weighted by Crippen LogP contribution is 2.25. The first-order valence-corrected chi connectivity index (χ1v) is 10.1. The molecule has 0 bridgehead atoms. The summed E-state index contributed by atoms with van der Waals surface area (Å²) in [6.07, 6.45) is 0.867. The normalized spacial score (nSPS) is 11.1. The molecule has 2 aromatic carbocycles. The van der Waals surface area contributed by atoms with Crippen LogP contribution in [-0.4, -0.2) is 20.7 Å². The third-order valence-electron chi connectivity index (χ3n) is 4.24. The van der Waals surface area contributed by atoms with Gasteiger partial charge in [0.15, 0.2) is 9.60 Å². The third kappa shape index (κ3) is 3.25. The van der Waals surface area contributed by atoms with Gasteiger partial charge in [-0.1, -0.05) is 36.5 Å². The molecule has 0 unspecified atom stereocenters. The Morgan fingerprint density at radius 1 is 1.07 bits per heavy atom. The van der Waals surface area contributed by atoms with Crippen LogP contribution in [0.5, 0.6) is 0 Å². The van der Waals surface area contributed by atoms with Crippen molar-refractivity contribution in [3.8, 4) is 11.4 Å². The average Bonchev–Trinajstić information content (AvgIpc) is 3.04. The molecule has 8 heteroatoms. The van der Waals surface area contributed by atoms with Crippen molar-refractivity contribution in [1.82, 2.24) is 14.1 Å². The number of nitrogens with one attached hydrogen (secondary N) is 1. The number of halogens is 1. The zero-order valence-electron chi connectivity index (χ0n) is 15.1. The lowest BCUT2D eigenvalue weighted by Gasteiger charge is -2.14. The maximum Gasteiger partial charge on any atom is 0.279 e. The molecule has 0 atom stereocenters. The van der Waals surface area contributed by atoms with Crippen LogP contribution in [0, 0.1) is 9.77 Å².